The summed E-state index contributed by atoms with van der Waals surface area (Å²) in [7, 11) is 0. The molecule has 0 saturated carbocycles. The Balaban J connectivity index is 1.56. The standard InChI is InChI=1S/C19H23N3O2/c1-14-16(17(21-24-14)15-5-3-2-4-6-15)18(23)22-11-8-19(9-12-22)7-10-20-13-19/h2-6,20H,7-13H2,1H3. The van der Waals surface area contributed by atoms with Crippen LogP contribution < -0.4 is 5.32 Å². The molecule has 24 heavy (non-hydrogen) atoms. The van der Waals surface area contributed by atoms with Gasteiger partial charge in [0, 0.05) is 25.2 Å². The molecule has 1 N–H and O–H groups in total. The van der Waals surface area contributed by atoms with E-state index in [0.29, 0.717) is 22.4 Å². The zero-order chi connectivity index (χ0) is 16.6. The van der Waals surface area contributed by atoms with Crippen molar-refractivity contribution >= 4 is 5.91 Å². The molecule has 0 radical (unpaired) electrons. The number of aryl methyl sites for hydroxylation is 1. The number of carbonyl (C=O) groups is 1. The average molecular weight is 325 g/mol. The number of piperidine rings is 1. The fraction of sp³-hybridized carbons (Fsp3) is 0.474. The third-order valence-electron chi connectivity index (χ3n) is 5.57. The molecule has 5 heteroatoms. The number of likely N-dealkylation sites (tertiary alicyclic amines) is 1. The van der Waals surface area contributed by atoms with Gasteiger partial charge in [0.25, 0.3) is 5.91 Å². The van der Waals surface area contributed by atoms with E-state index < -0.39 is 0 Å². The number of hydrogen-bond donors (Lipinski definition) is 1. The first-order valence-electron chi connectivity index (χ1n) is 8.70. The highest BCUT2D eigenvalue weighted by Crippen LogP contribution is 2.38. The number of carbonyl (C=O) groups excluding carboxylic acids is 1. The van der Waals surface area contributed by atoms with Crippen LogP contribution in [0.1, 0.15) is 35.4 Å². The summed E-state index contributed by atoms with van der Waals surface area (Å²) in [6, 6.07) is 9.78. The minimum Gasteiger partial charge on any atom is -0.360 e. The van der Waals surface area contributed by atoms with Gasteiger partial charge in [-0.2, -0.15) is 0 Å². The first-order valence-corrected chi connectivity index (χ1v) is 8.70. The van der Waals surface area contributed by atoms with E-state index >= 15 is 0 Å². The number of hydrogen-bond acceptors (Lipinski definition) is 4. The van der Waals surface area contributed by atoms with E-state index in [2.05, 4.69) is 10.5 Å². The molecule has 3 heterocycles. The second kappa shape index (κ2) is 6.06. The Morgan fingerprint density at radius 2 is 1.96 bits per heavy atom. The van der Waals surface area contributed by atoms with Gasteiger partial charge in [-0.1, -0.05) is 35.5 Å². The molecule has 4 rings (SSSR count). The number of rotatable bonds is 2. The summed E-state index contributed by atoms with van der Waals surface area (Å²) in [6.07, 6.45) is 3.39. The smallest absolute Gasteiger partial charge is 0.259 e. The van der Waals surface area contributed by atoms with Gasteiger partial charge < -0.3 is 14.7 Å². The maximum atomic E-state index is 13.1. The van der Waals surface area contributed by atoms with Crippen LogP contribution >= 0.6 is 0 Å². The first-order chi connectivity index (χ1) is 11.7. The second-order valence-electron chi connectivity index (χ2n) is 7.05. The van der Waals surface area contributed by atoms with Gasteiger partial charge in [0.2, 0.25) is 0 Å². The highest BCUT2D eigenvalue weighted by atomic mass is 16.5. The van der Waals surface area contributed by atoms with E-state index in [0.717, 1.165) is 44.6 Å². The number of nitrogens with zero attached hydrogens (tertiary/aromatic N) is 2. The van der Waals surface area contributed by atoms with E-state index in [-0.39, 0.29) is 5.91 Å². The predicted molar refractivity (Wildman–Crippen MR) is 91.7 cm³/mol. The van der Waals surface area contributed by atoms with Crippen molar-refractivity contribution in [2.45, 2.75) is 26.2 Å². The molecular formula is C19H23N3O2. The molecule has 2 saturated heterocycles. The van der Waals surface area contributed by atoms with E-state index in [9.17, 15) is 4.79 Å². The van der Waals surface area contributed by atoms with Crippen molar-refractivity contribution in [2.24, 2.45) is 5.41 Å². The van der Waals surface area contributed by atoms with E-state index in [1.54, 1.807) is 0 Å². The van der Waals surface area contributed by atoms with Gasteiger partial charge in [0.1, 0.15) is 17.0 Å². The van der Waals surface area contributed by atoms with Gasteiger partial charge in [0.15, 0.2) is 0 Å². The first kappa shape index (κ1) is 15.4. The van der Waals surface area contributed by atoms with Crippen LogP contribution in [0.15, 0.2) is 34.9 Å². The molecule has 0 bridgehead atoms. The molecule has 0 unspecified atom stereocenters. The molecule has 2 aromatic rings. The van der Waals surface area contributed by atoms with Crippen LogP contribution in [-0.2, 0) is 0 Å². The molecule has 2 aliphatic heterocycles. The van der Waals surface area contributed by atoms with Crippen LogP contribution in [0.5, 0.6) is 0 Å². The molecule has 2 fully saturated rings. The monoisotopic (exact) mass is 325 g/mol. The van der Waals surface area contributed by atoms with Crippen molar-refractivity contribution in [1.82, 2.24) is 15.4 Å². The van der Waals surface area contributed by atoms with Gasteiger partial charge in [-0.05, 0) is 38.1 Å². The largest absolute Gasteiger partial charge is 0.360 e. The summed E-state index contributed by atoms with van der Waals surface area (Å²) in [5.74, 6) is 0.648. The topological polar surface area (TPSA) is 58.4 Å². The molecule has 0 atom stereocenters. The molecule has 1 aromatic carbocycles. The molecule has 0 aliphatic carbocycles. The molecule has 5 nitrogen and oxygen atoms in total. The third-order valence-corrected chi connectivity index (χ3v) is 5.57. The highest BCUT2D eigenvalue weighted by molar-refractivity contribution is 6.00. The van der Waals surface area contributed by atoms with Crippen molar-refractivity contribution in [1.29, 1.82) is 0 Å². The zero-order valence-corrected chi connectivity index (χ0v) is 14.0. The van der Waals surface area contributed by atoms with Crippen molar-refractivity contribution in [3.63, 3.8) is 0 Å². The van der Waals surface area contributed by atoms with Crippen LogP contribution in [0.4, 0.5) is 0 Å². The van der Waals surface area contributed by atoms with E-state index in [4.69, 9.17) is 4.52 Å². The molecule has 1 spiro atoms. The fourth-order valence-electron chi connectivity index (χ4n) is 3.98. The van der Waals surface area contributed by atoms with Gasteiger partial charge in [0.05, 0.1) is 0 Å². The van der Waals surface area contributed by atoms with Gasteiger partial charge in [-0.3, -0.25) is 4.79 Å². The van der Waals surface area contributed by atoms with Gasteiger partial charge in [-0.15, -0.1) is 0 Å². The Kier molecular flexibility index (Phi) is 3.88. The minimum atomic E-state index is 0.0495. The lowest BCUT2D eigenvalue weighted by molar-refractivity contribution is 0.0606. The van der Waals surface area contributed by atoms with Crippen LogP contribution in [0.3, 0.4) is 0 Å². The van der Waals surface area contributed by atoms with Crippen molar-refractivity contribution in [3.8, 4) is 11.3 Å². The molecular weight excluding hydrogens is 302 g/mol. The van der Waals surface area contributed by atoms with Gasteiger partial charge >= 0.3 is 0 Å². The molecule has 2 aliphatic rings. The lowest BCUT2D eigenvalue weighted by Crippen LogP contribution is -2.44. The Labute approximate surface area is 142 Å². The summed E-state index contributed by atoms with van der Waals surface area (Å²) in [4.78, 5) is 15.1. The Morgan fingerprint density at radius 3 is 2.62 bits per heavy atom. The van der Waals surface area contributed by atoms with Crippen molar-refractivity contribution in [3.05, 3.63) is 41.7 Å². The van der Waals surface area contributed by atoms with E-state index in [1.807, 2.05) is 42.2 Å². The lowest BCUT2D eigenvalue weighted by Gasteiger charge is -2.38. The third kappa shape index (κ3) is 2.63. The van der Waals surface area contributed by atoms with Crippen molar-refractivity contribution in [2.75, 3.05) is 26.2 Å². The lowest BCUT2D eigenvalue weighted by atomic mass is 9.77. The maximum Gasteiger partial charge on any atom is 0.259 e. The van der Waals surface area contributed by atoms with E-state index in [1.165, 1.54) is 6.42 Å². The van der Waals surface area contributed by atoms with Crippen molar-refractivity contribution < 1.29 is 9.32 Å². The van der Waals surface area contributed by atoms with Gasteiger partial charge in [-0.25, -0.2) is 0 Å². The normalized spacial score (nSPS) is 19.8. The summed E-state index contributed by atoms with van der Waals surface area (Å²) in [5, 5.41) is 7.61. The SMILES string of the molecule is Cc1onc(-c2ccccc2)c1C(=O)N1CCC2(CCNC2)CC1. The predicted octanol–water partition coefficient (Wildman–Crippen LogP) is 2.87. The average Bonchev–Trinajstić information content (AvgIpc) is 3.23. The summed E-state index contributed by atoms with van der Waals surface area (Å²) >= 11 is 0. The minimum absolute atomic E-state index is 0.0495. The van der Waals surface area contributed by atoms with Crippen LogP contribution in [0.2, 0.25) is 0 Å². The molecule has 1 aromatic heterocycles. The second-order valence-corrected chi connectivity index (χ2v) is 7.05. The Morgan fingerprint density at radius 1 is 1.21 bits per heavy atom. The maximum absolute atomic E-state index is 13.1. The summed E-state index contributed by atoms with van der Waals surface area (Å²) in [5.41, 5.74) is 2.59. The highest BCUT2D eigenvalue weighted by Gasteiger charge is 2.39. The summed E-state index contributed by atoms with van der Waals surface area (Å²) < 4.78 is 5.35. The zero-order valence-electron chi connectivity index (χ0n) is 14.0. The van der Waals surface area contributed by atoms with Crippen LogP contribution in [0, 0.1) is 12.3 Å². The quantitative estimate of drug-likeness (QED) is 0.922. The van der Waals surface area contributed by atoms with Crippen LogP contribution in [0.25, 0.3) is 11.3 Å². The Bertz CT molecular complexity index is 722. The summed E-state index contributed by atoms with van der Waals surface area (Å²) in [6.45, 7) is 5.66. The fourth-order valence-corrected chi connectivity index (χ4v) is 3.98. The Hall–Kier alpha value is -2.14. The number of benzene rings is 1. The number of amides is 1. The molecule has 1 amide bonds. The number of aromatic nitrogens is 1. The number of nitrogens with one attached hydrogen (secondary N) is 1. The molecule has 126 valence electrons. The van der Waals surface area contributed by atoms with Crippen LogP contribution in [-0.4, -0.2) is 42.1 Å².